The van der Waals surface area contributed by atoms with E-state index in [1.807, 2.05) is 20.8 Å². The topological polar surface area (TPSA) is 99.1 Å². The van der Waals surface area contributed by atoms with Crippen molar-refractivity contribution in [1.82, 2.24) is 0 Å². The van der Waals surface area contributed by atoms with Crippen LogP contribution in [0.1, 0.15) is 72.6 Å². The van der Waals surface area contributed by atoms with Crippen molar-refractivity contribution in [2.24, 2.45) is 34.5 Å². The van der Waals surface area contributed by atoms with E-state index in [1.54, 1.807) is 6.08 Å². The maximum atomic E-state index is 13.3. The molecule has 0 aromatic rings. The van der Waals surface area contributed by atoms with Crippen LogP contribution in [0.15, 0.2) is 11.6 Å². The van der Waals surface area contributed by atoms with Crippen molar-refractivity contribution >= 4 is 29.5 Å². The molecule has 0 bridgehead atoms. The summed E-state index contributed by atoms with van der Waals surface area (Å²) >= 11 is 5.74. The highest BCUT2D eigenvalue weighted by Crippen LogP contribution is 2.68. The minimum absolute atomic E-state index is 0.00795. The zero-order valence-corrected chi connectivity index (χ0v) is 21.4. The van der Waals surface area contributed by atoms with Crippen LogP contribution in [0.4, 0.5) is 4.79 Å². The Kier molecular flexibility index (Phi) is 6.84. The van der Waals surface area contributed by atoms with Gasteiger partial charge in [-0.3, -0.25) is 4.79 Å². The zero-order valence-electron chi connectivity index (χ0n) is 20.6. The lowest BCUT2D eigenvalue weighted by atomic mass is 9.45. The van der Waals surface area contributed by atoms with Gasteiger partial charge in [-0.05, 0) is 73.7 Å². The summed E-state index contributed by atoms with van der Waals surface area (Å²) in [6, 6.07) is -0.347. The molecular weight excluding hydrogens is 460 g/mol. The van der Waals surface area contributed by atoms with Gasteiger partial charge in [0.2, 0.25) is 5.60 Å². The fraction of sp³-hybridized carbons (Fsp3) is 0.808. The number of carbonyl (C=O) groups excluding carboxylic acids is 3. The van der Waals surface area contributed by atoms with Crippen LogP contribution < -0.4 is 0 Å². The van der Waals surface area contributed by atoms with Crippen molar-refractivity contribution in [2.75, 3.05) is 12.7 Å². The third-order valence-electron chi connectivity index (χ3n) is 9.32. The average molecular weight is 497 g/mol. The van der Waals surface area contributed by atoms with Gasteiger partial charge in [-0.1, -0.05) is 44.9 Å². The number of esters is 1. The molecule has 8 heteroatoms. The van der Waals surface area contributed by atoms with Crippen molar-refractivity contribution in [1.29, 1.82) is 0 Å². The molecule has 0 unspecified atom stereocenters. The number of hydrogen-bond donors (Lipinski definition) is 1. The quantitative estimate of drug-likeness (QED) is 0.432. The Bertz CT molecular complexity index is 884. The molecule has 34 heavy (non-hydrogen) atoms. The molecule has 7 nitrogen and oxygen atoms in total. The number of aliphatic hydroxyl groups excluding tert-OH is 1. The number of carbonyl (C=O) groups is 3. The summed E-state index contributed by atoms with van der Waals surface area (Å²) in [4.78, 5) is 38.1. The number of fused-ring (bicyclic) bond motifs is 5. The number of rotatable bonds is 5. The van der Waals surface area contributed by atoms with Crippen LogP contribution in [0.3, 0.4) is 0 Å². The highest BCUT2D eigenvalue weighted by atomic mass is 35.5. The zero-order chi connectivity index (χ0) is 24.9. The molecule has 0 spiro atoms. The summed E-state index contributed by atoms with van der Waals surface area (Å²) in [6.45, 7) is 8.13. The van der Waals surface area contributed by atoms with Crippen LogP contribution in [0.25, 0.3) is 0 Å². The third kappa shape index (κ3) is 3.87. The van der Waals surface area contributed by atoms with Gasteiger partial charge in [0, 0.05) is 11.8 Å². The van der Waals surface area contributed by atoms with E-state index >= 15 is 0 Å². The predicted molar refractivity (Wildman–Crippen MR) is 125 cm³/mol. The van der Waals surface area contributed by atoms with Crippen LogP contribution >= 0.6 is 11.6 Å². The molecule has 7 atom stereocenters. The second-order valence-electron chi connectivity index (χ2n) is 11.5. The molecular formula is C26H37ClO7. The first-order valence-electron chi connectivity index (χ1n) is 12.5. The van der Waals surface area contributed by atoms with Crippen LogP contribution in [-0.4, -0.2) is 47.4 Å². The fourth-order valence-corrected chi connectivity index (χ4v) is 7.89. The van der Waals surface area contributed by atoms with Gasteiger partial charge in [0.05, 0.1) is 12.7 Å². The second-order valence-corrected chi connectivity index (χ2v) is 11.8. The van der Waals surface area contributed by atoms with Gasteiger partial charge in [-0.2, -0.15) is 0 Å². The van der Waals surface area contributed by atoms with Crippen molar-refractivity contribution in [3.8, 4) is 0 Å². The highest BCUT2D eigenvalue weighted by molar-refractivity contribution is 6.17. The molecule has 190 valence electrons. The average Bonchev–Trinajstić information content (AvgIpc) is 3.05. The summed E-state index contributed by atoms with van der Waals surface area (Å²) in [7, 11) is 0. The first-order chi connectivity index (χ1) is 16.0. The van der Waals surface area contributed by atoms with E-state index in [2.05, 4.69) is 6.92 Å². The molecule has 0 amide bonds. The van der Waals surface area contributed by atoms with E-state index in [1.165, 1.54) is 0 Å². The molecule has 0 aromatic heterocycles. The standard InChI is InChI=1S/C26H37ClO7/c1-15(2)13-32-23(31)34-26(22(30)33-14-27)10-8-19-18-6-5-16-11-17(28)7-9-24(16,3)21(18)20(29)12-25(19,26)4/h11,15,18-21,29H,5-10,12-14H2,1-4H3/t18-,19-,20+,21+,24-,25-,26-/m0/s1. The molecule has 3 saturated carbocycles. The van der Waals surface area contributed by atoms with Gasteiger partial charge in [-0.25, -0.2) is 9.59 Å². The van der Waals surface area contributed by atoms with Crippen molar-refractivity contribution < 1.29 is 33.7 Å². The first kappa shape index (κ1) is 25.5. The molecule has 0 aliphatic heterocycles. The second kappa shape index (κ2) is 9.12. The lowest BCUT2D eigenvalue weighted by Gasteiger charge is -2.60. The first-order valence-corrected chi connectivity index (χ1v) is 13.0. The number of allylic oxidation sites excluding steroid dienone is 1. The summed E-state index contributed by atoms with van der Waals surface area (Å²) < 4.78 is 16.3. The van der Waals surface area contributed by atoms with E-state index < -0.39 is 29.2 Å². The maximum Gasteiger partial charge on any atom is 0.509 e. The van der Waals surface area contributed by atoms with E-state index in [0.29, 0.717) is 25.7 Å². The summed E-state index contributed by atoms with van der Waals surface area (Å²) in [6.07, 6.45) is 4.33. The Hall–Kier alpha value is -1.60. The van der Waals surface area contributed by atoms with Crippen molar-refractivity contribution in [3.63, 3.8) is 0 Å². The van der Waals surface area contributed by atoms with Gasteiger partial charge < -0.3 is 19.3 Å². The van der Waals surface area contributed by atoms with E-state index in [4.69, 9.17) is 25.8 Å². The molecule has 0 aromatic carbocycles. The van der Waals surface area contributed by atoms with Crippen LogP contribution in [-0.2, 0) is 23.8 Å². The van der Waals surface area contributed by atoms with Crippen LogP contribution in [0.5, 0.6) is 0 Å². The van der Waals surface area contributed by atoms with E-state index in [9.17, 15) is 19.5 Å². The molecule has 0 radical (unpaired) electrons. The Labute approximate surface area is 206 Å². The Balaban J connectivity index is 1.68. The minimum atomic E-state index is -1.56. The van der Waals surface area contributed by atoms with Gasteiger partial charge in [0.1, 0.15) is 0 Å². The van der Waals surface area contributed by atoms with Crippen molar-refractivity contribution in [2.45, 2.75) is 84.3 Å². The lowest BCUT2D eigenvalue weighted by molar-refractivity contribution is -0.202. The Morgan fingerprint density at radius 3 is 2.59 bits per heavy atom. The smallest absolute Gasteiger partial charge is 0.446 e. The normalized spacial score (nSPS) is 41.1. The SMILES string of the molecule is CC(C)COC(=O)O[C@]1(C(=O)OCCl)CC[C@H]2[C@@H]3CCC4=CC(=O)CC[C@]4(C)[C@H]3[C@H](O)C[C@@]21C. The van der Waals surface area contributed by atoms with Gasteiger partial charge in [-0.15, -0.1) is 0 Å². The molecule has 0 heterocycles. The minimum Gasteiger partial charge on any atom is -0.446 e. The maximum absolute atomic E-state index is 13.3. The van der Waals surface area contributed by atoms with E-state index in [-0.39, 0.29) is 47.5 Å². The monoisotopic (exact) mass is 496 g/mol. The molecule has 1 N–H and O–H groups in total. The van der Waals surface area contributed by atoms with Crippen LogP contribution in [0, 0.1) is 34.5 Å². The van der Waals surface area contributed by atoms with Crippen LogP contribution in [0.2, 0.25) is 0 Å². The molecule has 4 rings (SSSR count). The molecule has 0 saturated heterocycles. The number of aliphatic hydroxyl groups is 1. The number of alkyl halides is 1. The summed E-state index contributed by atoms with van der Waals surface area (Å²) in [5, 5.41) is 11.6. The van der Waals surface area contributed by atoms with Crippen molar-refractivity contribution in [3.05, 3.63) is 11.6 Å². The van der Waals surface area contributed by atoms with Gasteiger partial charge in [0.15, 0.2) is 11.8 Å². The number of hydrogen-bond acceptors (Lipinski definition) is 7. The molecule has 4 aliphatic rings. The summed E-state index contributed by atoms with van der Waals surface area (Å²) in [5.74, 6) is -0.201. The summed E-state index contributed by atoms with van der Waals surface area (Å²) in [5.41, 5.74) is -1.48. The number of halogens is 1. The largest absolute Gasteiger partial charge is 0.509 e. The van der Waals surface area contributed by atoms with Gasteiger partial charge in [0.25, 0.3) is 0 Å². The Morgan fingerprint density at radius 2 is 1.91 bits per heavy atom. The van der Waals surface area contributed by atoms with E-state index in [0.717, 1.165) is 24.8 Å². The Morgan fingerprint density at radius 1 is 1.18 bits per heavy atom. The highest BCUT2D eigenvalue weighted by Gasteiger charge is 2.71. The predicted octanol–water partition coefficient (Wildman–Crippen LogP) is 4.78. The number of ketones is 1. The molecule has 4 aliphatic carbocycles. The fourth-order valence-electron chi connectivity index (χ4n) is 7.79. The third-order valence-corrected chi connectivity index (χ3v) is 9.43. The van der Waals surface area contributed by atoms with Gasteiger partial charge >= 0.3 is 12.1 Å². The number of ether oxygens (including phenoxy) is 3. The molecule has 3 fully saturated rings. The lowest BCUT2D eigenvalue weighted by Crippen LogP contribution is -2.63.